The molecular weight excluding hydrogens is 260 g/mol. The molecule has 4 nitrogen and oxygen atoms in total. The molecule has 1 unspecified atom stereocenters. The summed E-state index contributed by atoms with van der Waals surface area (Å²) in [6.45, 7) is -0.0175. The maximum absolute atomic E-state index is 12.0. The van der Waals surface area contributed by atoms with Crippen LogP contribution in [0.2, 0.25) is 0 Å². The van der Waals surface area contributed by atoms with Gasteiger partial charge in [-0.15, -0.1) is 0 Å². The van der Waals surface area contributed by atoms with E-state index in [-0.39, 0.29) is 12.5 Å². The van der Waals surface area contributed by atoms with Gasteiger partial charge in [-0.3, -0.25) is 4.79 Å². The predicted octanol–water partition coefficient (Wildman–Crippen LogP) is 1.90. The largest absolute Gasteiger partial charge is 0.482 e. The highest BCUT2D eigenvalue weighted by molar-refractivity contribution is 7.99. The van der Waals surface area contributed by atoms with Crippen LogP contribution < -0.4 is 4.74 Å². The summed E-state index contributed by atoms with van der Waals surface area (Å²) in [7, 11) is 1.82. The molecule has 1 heterocycles. The van der Waals surface area contributed by atoms with Crippen molar-refractivity contribution in [2.75, 3.05) is 25.2 Å². The van der Waals surface area contributed by atoms with Crippen LogP contribution in [0.4, 0.5) is 0 Å². The standard InChI is InChI=1S/C14H16N2O2S/c1-16(12-6-7-19-10-12)14(17)9-18-13-5-3-2-4-11(13)8-15/h2-5,12H,6-7,9-10H2,1H3. The molecular formula is C14H16N2O2S. The number of nitriles is 1. The number of thioether (sulfide) groups is 1. The zero-order valence-corrected chi connectivity index (χ0v) is 11.7. The quantitative estimate of drug-likeness (QED) is 0.843. The molecule has 1 aromatic carbocycles. The number of benzene rings is 1. The van der Waals surface area contributed by atoms with Gasteiger partial charge in [0.25, 0.3) is 5.91 Å². The lowest BCUT2D eigenvalue weighted by molar-refractivity contribution is -0.133. The molecule has 1 amide bonds. The van der Waals surface area contributed by atoms with E-state index in [0.29, 0.717) is 17.4 Å². The van der Waals surface area contributed by atoms with Crippen LogP contribution in [0.3, 0.4) is 0 Å². The molecule has 0 N–H and O–H groups in total. The van der Waals surface area contributed by atoms with Gasteiger partial charge < -0.3 is 9.64 Å². The minimum Gasteiger partial charge on any atom is -0.482 e. The fourth-order valence-electron chi connectivity index (χ4n) is 1.96. The molecule has 1 fully saturated rings. The first-order valence-electron chi connectivity index (χ1n) is 6.17. The van der Waals surface area contributed by atoms with Crippen LogP contribution in [0, 0.1) is 11.3 Å². The third kappa shape index (κ3) is 3.42. The fraction of sp³-hybridized carbons (Fsp3) is 0.429. The Morgan fingerprint density at radius 2 is 2.37 bits per heavy atom. The van der Waals surface area contributed by atoms with Gasteiger partial charge in [0.15, 0.2) is 6.61 Å². The summed E-state index contributed by atoms with van der Waals surface area (Å²) in [6, 6.07) is 9.31. The van der Waals surface area contributed by atoms with Crippen LogP contribution in [0.1, 0.15) is 12.0 Å². The van der Waals surface area contributed by atoms with Crippen molar-refractivity contribution < 1.29 is 9.53 Å². The number of ether oxygens (including phenoxy) is 1. The highest BCUT2D eigenvalue weighted by atomic mass is 32.2. The number of para-hydroxylation sites is 1. The smallest absolute Gasteiger partial charge is 0.260 e. The molecule has 5 heteroatoms. The molecule has 1 atom stereocenters. The Balaban J connectivity index is 1.91. The van der Waals surface area contributed by atoms with Gasteiger partial charge in [0.2, 0.25) is 0 Å². The number of carbonyl (C=O) groups excluding carboxylic acids is 1. The van der Waals surface area contributed by atoms with E-state index in [1.807, 2.05) is 18.8 Å². The lowest BCUT2D eigenvalue weighted by atomic mass is 10.2. The zero-order chi connectivity index (χ0) is 13.7. The third-order valence-electron chi connectivity index (χ3n) is 3.21. The van der Waals surface area contributed by atoms with Crippen LogP contribution in [0.5, 0.6) is 5.75 Å². The predicted molar refractivity (Wildman–Crippen MR) is 75.2 cm³/mol. The second-order valence-electron chi connectivity index (χ2n) is 4.42. The van der Waals surface area contributed by atoms with Crippen molar-refractivity contribution in [1.29, 1.82) is 5.26 Å². The van der Waals surface area contributed by atoms with Crippen molar-refractivity contribution in [3.05, 3.63) is 29.8 Å². The van der Waals surface area contributed by atoms with E-state index in [1.165, 1.54) is 0 Å². The van der Waals surface area contributed by atoms with Crippen LogP contribution in [-0.4, -0.2) is 42.0 Å². The molecule has 0 aromatic heterocycles. The van der Waals surface area contributed by atoms with Crippen molar-refractivity contribution in [2.45, 2.75) is 12.5 Å². The highest BCUT2D eigenvalue weighted by Gasteiger charge is 2.24. The molecule has 0 radical (unpaired) electrons. The average Bonchev–Trinajstić information content (AvgIpc) is 2.98. The van der Waals surface area contributed by atoms with E-state index in [9.17, 15) is 4.79 Å². The van der Waals surface area contributed by atoms with Gasteiger partial charge in [-0.2, -0.15) is 17.0 Å². The first-order valence-corrected chi connectivity index (χ1v) is 7.33. The van der Waals surface area contributed by atoms with E-state index in [1.54, 1.807) is 29.2 Å². The SMILES string of the molecule is CN(C(=O)COc1ccccc1C#N)C1CCSC1. The Morgan fingerprint density at radius 1 is 1.58 bits per heavy atom. The van der Waals surface area contributed by atoms with Gasteiger partial charge in [0, 0.05) is 18.8 Å². The summed E-state index contributed by atoms with van der Waals surface area (Å²) in [6.07, 6.45) is 1.04. The summed E-state index contributed by atoms with van der Waals surface area (Å²) < 4.78 is 5.45. The van der Waals surface area contributed by atoms with Crippen LogP contribution in [0.15, 0.2) is 24.3 Å². The lowest BCUT2D eigenvalue weighted by Gasteiger charge is -2.23. The molecule has 1 saturated heterocycles. The van der Waals surface area contributed by atoms with Crippen LogP contribution >= 0.6 is 11.8 Å². The Bertz CT molecular complexity index is 492. The molecule has 0 bridgehead atoms. The van der Waals surface area contributed by atoms with Gasteiger partial charge in [-0.1, -0.05) is 12.1 Å². The average molecular weight is 276 g/mol. The topological polar surface area (TPSA) is 53.3 Å². The summed E-state index contributed by atoms with van der Waals surface area (Å²) in [5.74, 6) is 2.53. The summed E-state index contributed by atoms with van der Waals surface area (Å²) in [5.41, 5.74) is 0.453. The van der Waals surface area contributed by atoms with Crippen molar-refractivity contribution >= 4 is 17.7 Å². The van der Waals surface area contributed by atoms with E-state index >= 15 is 0 Å². The Morgan fingerprint density at radius 3 is 3.05 bits per heavy atom. The number of hydrogen-bond donors (Lipinski definition) is 0. The van der Waals surface area contributed by atoms with Crippen molar-refractivity contribution in [1.82, 2.24) is 4.90 Å². The maximum Gasteiger partial charge on any atom is 0.260 e. The summed E-state index contributed by atoms with van der Waals surface area (Å²) in [5, 5.41) is 8.94. The minimum absolute atomic E-state index is 0.0175. The number of rotatable bonds is 4. The molecule has 0 saturated carbocycles. The van der Waals surface area contributed by atoms with Crippen molar-refractivity contribution in [2.24, 2.45) is 0 Å². The molecule has 0 spiro atoms. The molecule has 2 rings (SSSR count). The third-order valence-corrected chi connectivity index (χ3v) is 4.35. The Kier molecular flexibility index (Phi) is 4.69. The van der Waals surface area contributed by atoms with Crippen molar-refractivity contribution in [3.63, 3.8) is 0 Å². The van der Waals surface area contributed by atoms with E-state index in [4.69, 9.17) is 10.00 Å². The summed E-state index contributed by atoms with van der Waals surface area (Å²) in [4.78, 5) is 13.8. The van der Waals surface area contributed by atoms with Gasteiger partial charge in [-0.25, -0.2) is 0 Å². The monoisotopic (exact) mass is 276 g/mol. The lowest BCUT2D eigenvalue weighted by Crippen LogP contribution is -2.39. The second kappa shape index (κ2) is 6.48. The number of likely N-dealkylation sites (N-methyl/N-ethyl adjacent to an activating group) is 1. The normalized spacial score (nSPS) is 17.8. The maximum atomic E-state index is 12.0. The Labute approximate surface area is 117 Å². The molecule has 1 aromatic rings. The molecule has 1 aliphatic heterocycles. The number of nitrogens with zero attached hydrogens (tertiary/aromatic N) is 2. The summed E-state index contributed by atoms with van der Waals surface area (Å²) >= 11 is 1.87. The zero-order valence-electron chi connectivity index (χ0n) is 10.8. The number of carbonyl (C=O) groups is 1. The molecule has 1 aliphatic rings. The highest BCUT2D eigenvalue weighted by Crippen LogP contribution is 2.22. The van der Waals surface area contributed by atoms with Crippen LogP contribution in [-0.2, 0) is 4.79 Å². The number of amides is 1. The van der Waals surface area contributed by atoms with Gasteiger partial charge in [-0.05, 0) is 24.3 Å². The van der Waals surface area contributed by atoms with Gasteiger partial charge in [0.1, 0.15) is 11.8 Å². The molecule has 100 valence electrons. The number of hydrogen-bond acceptors (Lipinski definition) is 4. The first kappa shape index (κ1) is 13.8. The van der Waals surface area contributed by atoms with E-state index < -0.39 is 0 Å². The van der Waals surface area contributed by atoms with Gasteiger partial charge >= 0.3 is 0 Å². The molecule has 19 heavy (non-hydrogen) atoms. The molecule has 0 aliphatic carbocycles. The van der Waals surface area contributed by atoms with Crippen molar-refractivity contribution in [3.8, 4) is 11.8 Å². The van der Waals surface area contributed by atoms with E-state index in [0.717, 1.165) is 17.9 Å². The first-order chi connectivity index (χ1) is 9.22. The second-order valence-corrected chi connectivity index (χ2v) is 5.57. The Hall–Kier alpha value is -1.67. The minimum atomic E-state index is -0.0414. The fourth-order valence-corrected chi connectivity index (χ4v) is 3.23. The van der Waals surface area contributed by atoms with E-state index in [2.05, 4.69) is 6.07 Å². The van der Waals surface area contributed by atoms with Gasteiger partial charge in [0.05, 0.1) is 5.56 Å². The van der Waals surface area contributed by atoms with Crippen LogP contribution in [0.25, 0.3) is 0 Å².